The number of carbonyl (C=O) groups is 1. The average molecular weight is 521 g/mol. The Morgan fingerprint density at radius 2 is 2.00 bits per heavy atom. The molecule has 0 unspecified atom stereocenters. The van der Waals surface area contributed by atoms with Crippen LogP contribution in [0.15, 0.2) is 29.2 Å². The van der Waals surface area contributed by atoms with E-state index >= 15 is 0 Å². The van der Waals surface area contributed by atoms with Gasteiger partial charge in [-0.15, -0.1) is 0 Å². The van der Waals surface area contributed by atoms with Gasteiger partial charge in [0, 0.05) is 44.7 Å². The van der Waals surface area contributed by atoms with Crippen molar-refractivity contribution in [1.29, 1.82) is 0 Å². The van der Waals surface area contributed by atoms with Crippen molar-refractivity contribution in [2.45, 2.75) is 69.4 Å². The molecule has 1 aromatic carbocycles. The van der Waals surface area contributed by atoms with Gasteiger partial charge in [-0.25, -0.2) is 8.42 Å². The van der Waals surface area contributed by atoms with Gasteiger partial charge in [0.15, 0.2) is 0 Å². The van der Waals surface area contributed by atoms with Gasteiger partial charge in [0.2, 0.25) is 15.9 Å². The van der Waals surface area contributed by atoms with Gasteiger partial charge in [-0.3, -0.25) is 4.79 Å². The zero-order chi connectivity index (χ0) is 25.9. The highest BCUT2D eigenvalue weighted by Crippen LogP contribution is 2.37. The van der Waals surface area contributed by atoms with Crippen molar-refractivity contribution in [3.8, 4) is 5.75 Å². The molecule has 0 spiro atoms. The van der Waals surface area contributed by atoms with E-state index in [0.29, 0.717) is 38.3 Å². The second-order valence-electron chi connectivity index (χ2n) is 10.5. The van der Waals surface area contributed by atoms with Gasteiger partial charge in [-0.2, -0.15) is 4.31 Å². The fourth-order valence-corrected chi connectivity index (χ4v) is 7.19. The van der Waals surface area contributed by atoms with Gasteiger partial charge >= 0.3 is 0 Å². The van der Waals surface area contributed by atoms with Crippen molar-refractivity contribution in [3.63, 3.8) is 0 Å². The third-order valence-corrected chi connectivity index (χ3v) is 9.75. The lowest BCUT2D eigenvalue weighted by Crippen LogP contribution is -2.50. The lowest BCUT2D eigenvalue weighted by molar-refractivity contribution is -0.138. The second kappa shape index (κ2) is 11.6. The molecule has 36 heavy (non-hydrogen) atoms. The van der Waals surface area contributed by atoms with E-state index in [9.17, 15) is 18.3 Å². The predicted octanol–water partition coefficient (Wildman–Crippen LogP) is 3.30. The predicted molar refractivity (Wildman–Crippen MR) is 138 cm³/mol. The minimum Gasteiger partial charge on any atom is -0.487 e. The fraction of sp³-hybridized carbons (Fsp3) is 0.667. The molecular weight excluding hydrogens is 480 g/mol. The minimum atomic E-state index is -3.89. The normalized spacial score (nSPS) is 26.1. The number of benzene rings is 1. The summed E-state index contributed by atoms with van der Waals surface area (Å²) in [5.41, 5.74) is 2.19. The van der Waals surface area contributed by atoms with E-state index < -0.39 is 22.2 Å². The molecule has 2 heterocycles. The number of hydrogen-bond donors (Lipinski definition) is 1. The van der Waals surface area contributed by atoms with Crippen molar-refractivity contribution in [2.24, 2.45) is 11.8 Å². The summed E-state index contributed by atoms with van der Waals surface area (Å²) in [5.74, 6) is 0.128. The minimum absolute atomic E-state index is 0.0592. The number of allylic oxidation sites excluding steroid dienone is 2. The summed E-state index contributed by atoms with van der Waals surface area (Å²) in [5, 5.41) is 9.85. The molecule has 1 fully saturated rings. The molecule has 0 bridgehead atoms. The van der Waals surface area contributed by atoms with Crippen LogP contribution in [-0.4, -0.2) is 80.7 Å². The summed E-state index contributed by atoms with van der Waals surface area (Å²) >= 11 is 0. The van der Waals surface area contributed by atoms with Crippen LogP contribution in [-0.2, 0) is 19.6 Å². The van der Waals surface area contributed by atoms with E-state index in [1.165, 1.54) is 16.3 Å². The Balaban J connectivity index is 1.68. The molecule has 4 rings (SSSR count). The number of hydrogen-bond acceptors (Lipinski definition) is 6. The molecule has 1 aromatic rings. The Hall–Kier alpha value is -1.94. The first-order valence-electron chi connectivity index (χ1n) is 13.2. The number of aliphatic hydroxyl groups is 1. The standard InChI is InChI=1S/C27H40N2O6S/c1-19-16-29(20(2)18-30)36(32,33)26-10-9-23(21-7-5-4-6-8-21)15-24(26)35-25(19)17-28(3)27(31)22-11-13-34-14-12-22/h7,9-10,15,19-20,22,25,30H,4-6,8,11-14,16-18H2,1-3H3/t19-,20+,25-/m0/s1. The molecule has 1 saturated heterocycles. The van der Waals surface area contributed by atoms with E-state index in [2.05, 4.69) is 6.08 Å². The second-order valence-corrected chi connectivity index (χ2v) is 12.3. The maximum absolute atomic E-state index is 13.7. The Morgan fingerprint density at radius 1 is 1.25 bits per heavy atom. The third-order valence-electron chi connectivity index (χ3n) is 7.73. The van der Waals surface area contributed by atoms with Gasteiger partial charge in [0.1, 0.15) is 16.7 Å². The SMILES string of the molecule is C[C@H](CO)N1C[C@H](C)[C@H](CN(C)C(=O)C2CCOCC2)Oc2cc(C3=CCCCC3)ccc2S1(=O)=O. The largest absolute Gasteiger partial charge is 0.487 e. The lowest BCUT2D eigenvalue weighted by Gasteiger charge is -2.38. The summed E-state index contributed by atoms with van der Waals surface area (Å²) in [7, 11) is -2.09. The summed E-state index contributed by atoms with van der Waals surface area (Å²) in [6.45, 7) is 5.12. The monoisotopic (exact) mass is 520 g/mol. The molecule has 200 valence electrons. The summed E-state index contributed by atoms with van der Waals surface area (Å²) in [4.78, 5) is 15.0. The quantitative estimate of drug-likeness (QED) is 0.618. The number of aliphatic hydroxyl groups excluding tert-OH is 1. The van der Waals surface area contributed by atoms with Crippen molar-refractivity contribution >= 4 is 21.5 Å². The summed E-state index contributed by atoms with van der Waals surface area (Å²) in [6, 6.07) is 4.76. The number of likely N-dealkylation sites (N-methyl/N-ethyl adjacent to an activating group) is 1. The highest BCUT2D eigenvalue weighted by atomic mass is 32.2. The number of sulfonamides is 1. The fourth-order valence-electron chi connectivity index (χ4n) is 5.36. The van der Waals surface area contributed by atoms with Crippen molar-refractivity contribution in [2.75, 3.05) is 40.0 Å². The van der Waals surface area contributed by atoms with Crippen LogP contribution in [0.4, 0.5) is 0 Å². The Bertz CT molecular complexity index is 1070. The highest BCUT2D eigenvalue weighted by Gasteiger charge is 2.39. The Labute approximate surface area is 215 Å². The zero-order valence-electron chi connectivity index (χ0n) is 21.7. The van der Waals surface area contributed by atoms with Crippen LogP contribution >= 0.6 is 0 Å². The first-order chi connectivity index (χ1) is 17.2. The van der Waals surface area contributed by atoms with Gasteiger partial charge in [0.05, 0.1) is 13.2 Å². The van der Waals surface area contributed by atoms with Crippen molar-refractivity contribution in [3.05, 3.63) is 29.8 Å². The molecular formula is C27H40N2O6S. The molecule has 1 amide bonds. The van der Waals surface area contributed by atoms with Crippen LogP contribution in [0.5, 0.6) is 5.75 Å². The first-order valence-corrected chi connectivity index (χ1v) is 14.6. The summed E-state index contributed by atoms with van der Waals surface area (Å²) < 4.78 is 40.7. The van der Waals surface area contributed by atoms with Gasteiger partial charge in [-0.05, 0) is 68.7 Å². The van der Waals surface area contributed by atoms with E-state index in [0.717, 1.165) is 24.8 Å². The van der Waals surface area contributed by atoms with Crippen LogP contribution in [0, 0.1) is 11.8 Å². The molecule has 0 radical (unpaired) electrons. The van der Waals surface area contributed by atoms with Crippen molar-refractivity contribution < 1.29 is 27.8 Å². The van der Waals surface area contributed by atoms with E-state index in [1.807, 2.05) is 19.1 Å². The number of amides is 1. The number of carbonyl (C=O) groups excluding carboxylic acids is 1. The van der Waals surface area contributed by atoms with Gasteiger partial charge < -0.3 is 19.5 Å². The van der Waals surface area contributed by atoms with Crippen LogP contribution in [0.3, 0.4) is 0 Å². The van der Waals surface area contributed by atoms with Crippen molar-refractivity contribution in [1.82, 2.24) is 9.21 Å². The van der Waals surface area contributed by atoms with Gasteiger partial charge in [-0.1, -0.05) is 19.1 Å². The Morgan fingerprint density at radius 3 is 2.67 bits per heavy atom. The molecule has 2 aliphatic heterocycles. The van der Waals surface area contributed by atoms with E-state index in [4.69, 9.17) is 9.47 Å². The Kier molecular flexibility index (Phi) is 8.75. The molecule has 0 aromatic heterocycles. The number of ether oxygens (including phenoxy) is 2. The van der Waals surface area contributed by atoms with Crippen LogP contribution in [0.2, 0.25) is 0 Å². The number of fused-ring (bicyclic) bond motifs is 1. The smallest absolute Gasteiger partial charge is 0.247 e. The lowest BCUT2D eigenvalue weighted by atomic mass is 9.93. The third kappa shape index (κ3) is 5.79. The highest BCUT2D eigenvalue weighted by molar-refractivity contribution is 7.89. The molecule has 3 atom stereocenters. The van der Waals surface area contributed by atoms with E-state index in [-0.39, 0.29) is 35.8 Å². The number of rotatable bonds is 6. The van der Waals surface area contributed by atoms with Crippen LogP contribution in [0.1, 0.15) is 57.9 Å². The molecule has 1 N–H and O–H groups in total. The maximum atomic E-state index is 13.7. The van der Waals surface area contributed by atoms with Gasteiger partial charge in [0.25, 0.3) is 0 Å². The van der Waals surface area contributed by atoms with E-state index in [1.54, 1.807) is 24.9 Å². The average Bonchev–Trinajstić information content (AvgIpc) is 2.90. The molecule has 9 heteroatoms. The molecule has 8 nitrogen and oxygen atoms in total. The number of nitrogens with zero attached hydrogens (tertiary/aromatic N) is 2. The molecule has 0 saturated carbocycles. The zero-order valence-corrected chi connectivity index (χ0v) is 22.5. The first kappa shape index (κ1) is 27.1. The summed E-state index contributed by atoms with van der Waals surface area (Å²) in [6.07, 6.45) is 7.51. The topological polar surface area (TPSA) is 96.4 Å². The molecule has 3 aliphatic rings. The molecule has 1 aliphatic carbocycles. The van der Waals surface area contributed by atoms with Crippen LogP contribution in [0.25, 0.3) is 5.57 Å². The van der Waals surface area contributed by atoms with Crippen LogP contribution < -0.4 is 4.74 Å². The maximum Gasteiger partial charge on any atom is 0.247 e.